The number of nitrogens with zero attached hydrogens (tertiary/aromatic N) is 1. The molecule has 3 amide bonds. The number of amides is 3. The largest absolute Gasteiger partial charge is 0.495 e. The SMILES string of the molecule is COc1ccc(C)cc1N1C(=O)C(Nc2ccc(C)cc2)=C(Sc2cccc(NC(=O)c3ccco3)c2)C1=O. The lowest BCUT2D eigenvalue weighted by Gasteiger charge is -2.19. The first-order chi connectivity index (χ1) is 18.8. The minimum absolute atomic E-state index is 0.155. The fraction of sp³-hybridized carbons (Fsp3) is 0.100. The van der Waals surface area contributed by atoms with Gasteiger partial charge in [-0.05, 0) is 74.0 Å². The predicted octanol–water partition coefficient (Wildman–Crippen LogP) is 6.15. The van der Waals surface area contributed by atoms with Gasteiger partial charge in [0.2, 0.25) is 0 Å². The molecule has 0 aliphatic carbocycles. The van der Waals surface area contributed by atoms with Gasteiger partial charge < -0.3 is 19.8 Å². The summed E-state index contributed by atoms with van der Waals surface area (Å²) in [5, 5.41) is 5.94. The van der Waals surface area contributed by atoms with Gasteiger partial charge in [-0.3, -0.25) is 14.4 Å². The lowest BCUT2D eigenvalue weighted by atomic mass is 10.2. The van der Waals surface area contributed by atoms with Crippen molar-refractivity contribution in [2.75, 3.05) is 22.6 Å². The van der Waals surface area contributed by atoms with Gasteiger partial charge in [-0.1, -0.05) is 41.6 Å². The highest BCUT2D eigenvalue weighted by atomic mass is 32.2. The summed E-state index contributed by atoms with van der Waals surface area (Å²) in [6.07, 6.45) is 1.42. The van der Waals surface area contributed by atoms with Gasteiger partial charge in [0.15, 0.2) is 5.76 Å². The number of anilines is 3. The Bertz CT molecular complexity index is 1590. The lowest BCUT2D eigenvalue weighted by Crippen LogP contribution is -2.32. The van der Waals surface area contributed by atoms with E-state index in [9.17, 15) is 14.4 Å². The van der Waals surface area contributed by atoms with Crippen molar-refractivity contribution in [2.45, 2.75) is 18.7 Å². The Morgan fingerprint density at radius 3 is 2.36 bits per heavy atom. The molecule has 1 aliphatic rings. The molecule has 2 heterocycles. The molecule has 0 unspecified atom stereocenters. The molecule has 4 aromatic rings. The van der Waals surface area contributed by atoms with E-state index in [1.54, 1.807) is 48.5 Å². The van der Waals surface area contributed by atoms with E-state index in [0.717, 1.165) is 27.8 Å². The van der Waals surface area contributed by atoms with Crippen molar-refractivity contribution in [1.29, 1.82) is 0 Å². The third kappa shape index (κ3) is 5.44. The molecule has 0 atom stereocenters. The summed E-state index contributed by atoms with van der Waals surface area (Å²) >= 11 is 1.14. The zero-order valence-corrected chi connectivity index (χ0v) is 22.3. The molecule has 3 aromatic carbocycles. The molecule has 1 aromatic heterocycles. The number of rotatable bonds is 8. The van der Waals surface area contributed by atoms with Gasteiger partial charge in [0.1, 0.15) is 16.4 Å². The predicted molar refractivity (Wildman–Crippen MR) is 151 cm³/mol. The van der Waals surface area contributed by atoms with E-state index < -0.39 is 17.7 Å². The van der Waals surface area contributed by atoms with Crippen LogP contribution in [0.4, 0.5) is 17.1 Å². The second-order valence-corrected chi connectivity index (χ2v) is 9.96. The van der Waals surface area contributed by atoms with Crippen LogP contribution in [-0.2, 0) is 9.59 Å². The maximum atomic E-state index is 13.8. The number of hydrogen-bond acceptors (Lipinski definition) is 7. The van der Waals surface area contributed by atoms with Gasteiger partial charge in [-0.15, -0.1) is 0 Å². The quantitative estimate of drug-likeness (QED) is 0.259. The Balaban J connectivity index is 1.50. The van der Waals surface area contributed by atoms with E-state index in [1.807, 2.05) is 44.2 Å². The minimum Gasteiger partial charge on any atom is -0.495 e. The summed E-state index contributed by atoms with van der Waals surface area (Å²) in [4.78, 5) is 42.0. The van der Waals surface area contributed by atoms with Crippen LogP contribution >= 0.6 is 11.8 Å². The number of furan rings is 1. The Morgan fingerprint density at radius 1 is 0.872 bits per heavy atom. The zero-order valence-electron chi connectivity index (χ0n) is 21.5. The molecular weight excluding hydrogens is 514 g/mol. The molecule has 9 heteroatoms. The van der Waals surface area contributed by atoms with Crippen LogP contribution in [-0.4, -0.2) is 24.8 Å². The van der Waals surface area contributed by atoms with Crippen LogP contribution in [0.2, 0.25) is 0 Å². The van der Waals surface area contributed by atoms with Crippen LogP contribution in [0, 0.1) is 13.8 Å². The first-order valence-electron chi connectivity index (χ1n) is 12.1. The Kier molecular flexibility index (Phi) is 7.25. The van der Waals surface area contributed by atoms with Gasteiger partial charge in [0, 0.05) is 16.3 Å². The van der Waals surface area contributed by atoms with Crippen LogP contribution in [0.15, 0.2) is 105 Å². The highest BCUT2D eigenvalue weighted by Gasteiger charge is 2.41. The first kappa shape index (κ1) is 25.9. The fourth-order valence-corrected chi connectivity index (χ4v) is 5.03. The Morgan fingerprint density at radius 2 is 1.64 bits per heavy atom. The molecule has 0 saturated heterocycles. The van der Waals surface area contributed by atoms with Crippen LogP contribution in [0.5, 0.6) is 5.75 Å². The number of imide groups is 1. The lowest BCUT2D eigenvalue weighted by molar-refractivity contribution is -0.120. The van der Waals surface area contributed by atoms with E-state index in [4.69, 9.17) is 9.15 Å². The normalized spacial score (nSPS) is 13.2. The van der Waals surface area contributed by atoms with Crippen LogP contribution < -0.4 is 20.3 Å². The van der Waals surface area contributed by atoms with Crippen molar-refractivity contribution in [1.82, 2.24) is 0 Å². The van der Waals surface area contributed by atoms with E-state index in [1.165, 1.54) is 13.4 Å². The second-order valence-electron chi connectivity index (χ2n) is 8.88. The Hall–Kier alpha value is -4.76. The van der Waals surface area contributed by atoms with Crippen molar-refractivity contribution in [3.63, 3.8) is 0 Å². The maximum Gasteiger partial charge on any atom is 0.291 e. The molecule has 5 rings (SSSR count). The van der Waals surface area contributed by atoms with E-state index >= 15 is 0 Å². The molecule has 39 heavy (non-hydrogen) atoms. The van der Waals surface area contributed by atoms with Crippen LogP contribution in [0.1, 0.15) is 21.7 Å². The highest BCUT2D eigenvalue weighted by molar-refractivity contribution is 8.04. The van der Waals surface area contributed by atoms with Crippen molar-refractivity contribution < 1.29 is 23.5 Å². The molecule has 0 fully saturated rings. The van der Waals surface area contributed by atoms with Crippen molar-refractivity contribution >= 4 is 46.5 Å². The van der Waals surface area contributed by atoms with Gasteiger partial charge in [0.05, 0.1) is 19.1 Å². The molecule has 0 radical (unpaired) electrons. The minimum atomic E-state index is -0.491. The zero-order chi connectivity index (χ0) is 27.5. The topological polar surface area (TPSA) is 101 Å². The van der Waals surface area contributed by atoms with E-state index in [0.29, 0.717) is 27.7 Å². The van der Waals surface area contributed by atoms with Gasteiger partial charge in [-0.25, -0.2) is 4.90 Å². The van der Waals surface area contributed by atoms with Crippen LogP contribution in [0.25, 0.3) is 0 Å². The van der Waals surface area contributed by atoms with Gasteiger partial charge >= 0.3 is 0 Å². The van der Waals surface area contributed by atoms with Gasteiger partial charge in [0.25, 0.3) is 17.7 Å². The van der Waals surface area contributed by atoms with Crippen molar-refractivity contribution in [3.05, 3.63) is 113 Å². The molecule has 1 aliphatic heterocycles. The van der Waals surface area contributed by atoms with Gasteiger partial charge in [-0.2, -0.15) is 0 Å². The molecule has 8 nitrogen and oxygen atoms in total. The molecule has 0 spiro atoms. The number of hydrogen-bond donors (Lipinski definition) is 2. The summed E-state index contributed by atoms with van der Waals surface area (Å²) in [5.74, 6) is -0.777. The number of methoxy groups -OCH3 is 1. The molecule has 0 bridgehead atoms. The van der Waals surface area contributed by atoms with E-state index in [-0.39, 0.29) is 16.4 Å². The number of nitrogens with one attached hydrogen (secondary N) is 2. The average molecular weight is 540 g/mol. The molecule has 2 N–H and O–H groups in total. The third-order valence-corrected chi connectivity index (χ3v) is 7.07. The maximum absolute atomic E-state index is 13.8. The smallest absolute Gasteiger partial charge is 0.291 e. The molecule has 0 saturated carbocycles. The Labute approximate surface area is 229 Å². The first-order valence-corrected chi connectivity index (χ1v) is 12.9. The third-order valence-electron chi connectivity index (χ3n) is 5.99. The van der Waals surface area contributed by atoms with Crippen molar-refractivity contribution in [2.24, 2.45) is 0 Å². The summed E-state index contributed by atoms with van der Waals surface area (Å²) in [5.41, 5.74) is 3.66. The highest BCUT2D eigenvalue weighted by Crippen LogP contribution is 2.41. The monoisotopic (exact) mass is 539 g/mol. The molecular formula is C30H25N3O5S. The van der Waals surface area contributed by atoms with E-state index in [2.05, 4.69) is 10.6 Å². The summed E-state index contributed by atoms with van der Waals surface area (Å²) in [6.45, 7) is 3.85. The average Bonchev–Trinajstić information content (AvgIpc) is 3.54. The standard InChI is InChI=1S/C30H25N3O5S/c1-18-9-12-20(13-10-18)31-26-27(30(36)33(29(26)35)23-16-19(2)11-14-24(23)37-3)39-22-7-4-6-21(17-22)32-28(34)25-8-5-15-38-25/h4-17,31H,1-3H3,(H,32,34). The number of ether oxygens (including phenoxy) is 1. The number of aryl methyl sites for hydroxylation is 2. The van der Waals surface area contributed by atoms with Crippen molar-refractivity contribution in [3.8, 4) is 5.75 Å². The number of thioether (sulfide) groups is 1. The summed E-state index contributed by atoms with van der Waals surface area (Å²) in [7, 11) is 1.50. The molecule has 196 valence electrons. The second kappa shape index (κ2) is 10.9. The number of carbonyl (C=O) groups is 3. The fourth-order valence-electron chi connectivity index (χ4n) is 4.04. The van der Waals surface area contributed by atoms with Crippen LogP contribution in [0.3, 0.4) is 0 Å². The summed E-state index contributed by atoms with van der Waals surface area (Å²) in [6, 6.07) is 23.1. The summed E-state index contributed by atoms with van der Waals surface area (Å²) < 4.78 is 10.6. The number of carbonyl (C=O) groups excluding carboxylic acids is 3. The number of benzene rings is 3.